The van der Waals surface area contributed by atoms with E-state index in [-0.39, 0.29) is 18.0 Å². The summed E-state index contributed by atoms with van der Waals surface area (Å²) in [7, 11) is 0. The first-order valence-electron chi connectivity index (χ1n) is 7.72. The summed E-state index contributed by atoms with van der Waals surface area (Å²) in [6.45, 7) is 0. The van der Waals surface area contributed by atoms with E-state index >= 15 is 0 Å². The maximum atomic E-state index is 13.6. The normalized spacial score (nSPS) is 10.4. The summed E-state index contributed by atoms with van der Waals surface area (Å²) in [5, 5.41) is 6.09. The van der Waals surface area contributed by atoms with E-state index in [1.807, 2.05) is 0 Å². The number of anilines is 3. The topological polar surface area (TPSA) is 54.0 Å². The van der Waals surface area contributed by atoms with E-state index in [0.717, 1.165) is 17.7 Å². The van der Waals surface area contributed by atoms with Crippen LogP contribution < -0.4 is 10.6 Å². The number of rotatable bonds is 5. The minimum atomic E-state index is -0.716. The molecule has 2 N–H and O–H groups in total. The van der Waals surface area contributed by atoms with Gasteiger partial charge in [-0.25, -0.2) is 13.8 Å². The fourth-order valence-electron chi connectivity index (χ4n) is 2.26. The molecular weight excluding hydrogens is 360 g/mol. The number of hydrogen-bond acceptors (Lipinski definition) is 3. The van der Waals surface area contributed by atoms with Gasteiger partial charge in [-0.3, -0.25) is 4.79 Å². The maximum Gasteiger partial charge on any atom is 0.228 e. The van der Waals surface area contributed by atoms with Crippen molar-refractivity contribution in [3.05, 3.63) is 83.0 Å². The summed E-state index contributed by atoms with van der Waals surface area (Å²) in [4.78, 5) is 16.2. The van der Waals surface area contributed by atoms with Crippen LogP contribution in [0, 0.1) is 11.6 Å². The molecule has 3 aromatic rings. The molecule has 1 amide bonds. The fourth-order valence-corrected chi connectivity index (χ4v) is 2.39. The van der Waals surface area contributed by atoms with E-state index in [0.29, 0.717) is 16.5 Å². The molecule has 4 nitrogen and oxygen atoms in total. The van der Waals surface area contributed by atoms with Crippen molar-refractivity contribution in [3.63, 3.8) is 0 Å². The Bertz CT molecular complexity index is 915. The standard InChI is InChI=1S/C19H14ClF2N3O/c20-13-3-1-12(2-4-13)9-19(26)24-15-6-8-18(23-11-15)25-17-7-5-14(21)10-16(17)22/h1-8,10-11H,9H2,(H,23,25)(H,24,26). The number of carbonyl (C=O) groups excluding carboxylic acids is 1. The summed E-state index contributed by atoms with van der Waals surface area (Å²) in [5.41, 5.74) is 1.46. The third kappa shape index (κ3) is 4.77. The Morgan fingerprint density at radius 2 is 1.81 bits per heavy atom. The van der Waals surface area contributed by atoms with Gasteiger partial charge in [-0.15, -0.1) is 0 Å². The van der Waals surface area contributed by atoms with Crippen molar-refractivity contribution >= 4 is 34.7 Å². The highest BCUT2D eigenvalue weighted by Crippen LogP contribution is 2.20. The zero-order valence-corrected chi connectivity index (χ0v) is 14.2. The van der Waals surface area contributed by atoms with Crippen molar-refractivity contribution in [2.24, 2.45) is 0 Å². The van der Waals surface area contributed by atoms with E-state index in [1.54, 1.807) is 36.4 Å². The number of nitrogens with zero attached hydrogens (tertiary/aromatic N) is 1. The summed E-state index contributed by atoms with van der Waals surface area (Å²) in [6, 6.07) is 13.5. The van der Waals surface area contributed by atoms with Gasteiger partial charge in [0.25, 0.3) is 0 Å². The number of pyridine rings is 1. The molecule has 0 aliphatic rings. The van der Waals surface area contributed by atoms with Crippen molar-refractivity contribution in [1.29, 1.82) is 0 Å². The zero-order chi connectivity index (χ0) is 18.5. The molecule has 0 aliphatic heterocycles. The Labute approximate surface area is 153 Å². The summed E-state index contributed by atoms with van der Waals surface area (Å²) in [6.07, 6.45) is 1.65. The smallest absolute Gasteiger partial charge is 0.228 e. The molecule has 7 heteroatoms. The van der Waals surface area contributed by atoms with Crippen LogP contribution in [0.5, 0.6) is 0 Å². The highest BCUT2D eigenvalue weighted by atomic mass is 35.5. The van der Waals surface area contributed by atoms with Gasteiger partial charge in [0.15, 0.2) is 0 Å². The van der Waals surface area contributed by atoms with Gasteiger partial charge >= 0.3 is 0 Å². The number of aromatic nitrogens is 1. The molecule has 132 valence electrons. The SMILES string of the molecule is O=C(Cc1ccc(Cl)cc1)Nc1ccc(Nc2ccc(F)cc2F)nc1. The number of nitrogens with one attached hydrogen (secondary N) is 2. The molecule has 0 radical (unpaired) electrons. The van der Waals surface area contributed by atoms with Gasteiger partial charge in [-0.05, 0) is 42.0 Å². The predicted molar refractivity (Wildman–Crippen MR) is 97.7 cm³/mol. The molecule has 0 bridgehead atoms. The largest absolute Gasteiger partial charge is 0.338 e. The Morgan fingerprint density at radius 1 is 1.04 bits per heavy atom. The lowest BCUT2D eigenvalue weighted by atomic mass is 10.1. The molecule has 2 aromatic carbocycles. The van der Waals surface area contributed by atoms with Crippen LogP contribution in [0.25, 0.3) is 0 Å². The van der Waals surface area contributed by atoms with Crippen molar-refractivity contribution in [2.45, 2.75) is 6.42 Å². The zero-order valence-electron chi connectivity index (χ0n) is 13.5. The van der Waals surface area contributed by atoms with Crippen LogP contribution in [-0.4, -0.2) is 10.9 Å². The van der Waals surface area contributed by atoms with Gasteiger partial charge in [0.05, 0.1) is 24.0 Å². The van der Waals surface area contributed by atoms with E-state index in [4.69, 9.17) is 11.6 Å². The molecule has 0 unspecified atom stereocenters. The molecular formula is C19H14ClF2N3O. The Balaban J connectivity index is 1.60. The molecule has 0 saturated carbocycles. The van der Waals surface area contributed by atoms with Crippen molar-refractivity contribution < 1.29 is 13.6 Å². The maximum absolute atomic E-state index is 13.6. The van der Waals surface area contributed by atoms with E-state index in [1.165, 1.54) is 12.3 Å². The van der Waals surface area contributed by atoms with Crippen molar-refractivity contribution in [1.82, 2.24) is 4.98 Å². The minimum absolute atomic E-state index is 0.110. The van der Waals surface area contributed by atoms with Crippen LogP contribution in [-0.2, 0) is 11.2 Å². The molecule has 0 atom stereocenters. The first kappa shape index (κ1) is 17.8. The Kier molecular flexibility index (Phi) is 5.43. The lowest BCUT2D eigenvalue weighted by molar-refractivity contribution is -0.115. The lowest BCUT2D eigenvalue weighted by Crippen LogP contribution is -2.14. The summed E-state index contributed by atoms with van der Waals surface area (Å²) >= 11 is 5.81. The summed E-state index contributed by atoms with van der Waals surface area (Å²) in [5.74, 6) is -1.20. The van der Waals surface area contributed by atoms with Crippen molar-refractivity contribution in [2.75, 3.05) is 10.6 Å². The summed E-state index contributed by atoms with van der Waals surface area (Å²) < 4.78 is 26.5. The Hall–Kier alpha value is -2.99. The van der Waals surface area contributed by atoms with Crippen LogP contribution in [0.1, 0.15) is 5.56 Å². The second-order valence-corrected chi connectivity index (χ2v) is 5.97. The second kappa shape index (κ2) is 7.93. The van der Waals surface area contributed by atoms with E-state index in [9.17, 15) is 13.6 Å². The predicted octanol–water partition coefficient (Wildman–Crippen LogP) is 4.94. The number of amides is 1. The van der Waals surface area contributed by atoms with Gasteiger partial charge in [-0.1, -0.05) is 23.7 Å². The number of carbonyl (C=O) groups is 1. The third-order valence-electron chi connectivity index (χ3n) is 3.52. The second-order valence-electron chi connectivity index (χ2n) is 5.53. The van der Waals surface area contributed by atoms with E-state index in [2.05, 4.69) is 15.6 Å². The average Bonchev–Trinajstić information content (AvgIpc) is 2.61. The molecule has 0 aliphatic carbocycles. The van der Waals surface area contributed by atoms with Gasteiger partial charge in [0, 0.05) is 11.1 Å². The van der Waals surface area contributed by atoms with Crippen LogP contribution in [0.2, 0.25) is 5.02 Å². The van der Waals surface area contributed by atoms with Crippen LogP contribution in [0.4, 0.5) is 26.0 Å². The van der Waals surface area contributed by atoms with Gasteiger partial charge < -0.3 is 10.6 Å². The van der Waals surface area contributed by atoms with Gasteiger partial charge in [0.2, 0.25) is 5.91 Å². The van der Waals surface area contributed by atoms with Gasteiger partial charge in [0.1, 0.15) is 17.5 Å². The third-order valence-corrected chi connectivity index (χ3v) is 3.77. The molecule has 1 heterocycles. The minimum Gasteiger partial charge on any atom is -0.338 e. The van der Waals surface area contributed by atoms with Crippen molar-refractivity contribution in [3.8, 4) is 0 Å². The molecule has 0 fully saturated rings. The highest BCUT2D eigenvalue weighted by Gasteiger charge is 2.07. The first-order valence-corrected chi connectivity index (χ1v) is 8.10. The molecule has 26 heavy (non-hydrogen) atoms. The molecule has 0 saturated heterocycles. The van der Waals surface area contributed by atoms with Crippen LogP contribution >= 0.6 is 11.6 Å². The highest BCUT2D eigenvalue weighted by molar-refractivity contribution is 6.30. The number of benzene rings is 2. The monoisotopic (exact) mass is 373 g/mol. The van der Waals surface area contributed by atoms with Gasteiger partial charge in [-0.2, -0.15) is 0 Å². The fraction of sp³-hybridized carbons (Fsp3) is 0.0526. The number of halogens is 3. The quantitative estimate of drug-likeness (QED) is 0.666. The molecule has 1 aromatic heterocycles. The van der Waals surface area contributed by atoms with Crippen LogP contribution in [0.3, 0.4) is 0 Å². The first-order chi connectivity index (χ1) is 12.5. The Morgan fingerprint density at radius 3 is 2.46 bits per heavy atom. The van der Waals surface area contributed by atoms with E-state index < -0.39 is 11.6 Å². The number of hydrogen-bond donors (Lipinski definition) is 2. The molecule has 0 spiro atoms. The lowest BCUT2D eigenvalue weighted by Gasteiger charge is -2.09. The van der Waals surface area contributed by atoms with Crippen LogP contribution in [0.15, 0.2) is 60.8 Å². The average molecular weight is 374 g/mol. The molecule has 3 rings (SSSR count).